The van der Waals surface area contributed by atoms with Gasteiger partial charge in [0, 0.05) is 12.4 Å². The van der Waals surface area contributed by atoms with E-state index >= 15 is 0 Å². The second kappa shape index (κ2) is 3.34. The van der Waals surface area contributed by atoms with E-state index in [1.807, 2.05) is 12.3 Å². The molecule has 1 heterocycles. The monoisotopic (exact) mass is 359 g/mol. The molecule has 54 valence electrons. The normalized spacial score (nSPS) is 11.5. The van der Waals surface area contributed by atoms with Crippen molar-refractivity contribution in [1.82, 2.24) is 4.98 Å². The van der Waals surface area contributed by atoms with E-state index in [-0.39, 0.29) is 1.43 Å². The van der Waals surface area contributed by atoms with Gasteiger partial charge in [0.15, 0.2) is 0 Å². The Balaban J connectivity index is 2.97. The topological polar surface area (TPSA) is 12.9 Å². The summed E-state index contributed by atoms with van der Waals surface area (Å²) in [5, 5.41) is 0. The zero-order valence-electron chi connectivity index (χ0n) is 5.51. The second-order valence-corrected chi connectivity index (χ2v) is 8.51. The molecule has 0 aliphatic rings. The number of alkyl halides is 2. The van der Waals surface area contributed by atoms with Crippen molar-refractivity contribution in [3.8, 4) is 0 Å². The molecule has 0 radical (unpaired) electrons. The second-order valence-electron chi connectivity index (χ2n) is 2.13. The third-order valence-corrected chi connectivity index (χ3v) is 2.41. The summed E-state index contributed by atoms with van der Waals surface area (Å²) in [5.74, 6) is 0. The van der Waals surface area contributed by atoms with Gasteiger partial charge in [0.05, 0.1) is 1.43 Å². The average Bonchev–Trinajstić information content (AvgIpc) is 1.88. The van der Waals surface area contributed by atoms with Crippen molar-refractivity contribution in [2.45, 2.75) is 8.35 Å². The molecule has 0 amide bonds. The van der Waals surface area contributed by atoms with E-state index in [1.165, 1.54) is 5.56 Å². The summed E-state index contributed by atoms with van der Waals surface area (Å²) in [6.45, 7) is 2.16. The van der Waals surface area contributed by atoms with Gasteiger partial charge in [-0.05, 0) is 18.6 Å². The van der Waals surface area contributed by atoms with Crippen LogP contribution in [0, 0.1) is 0 Å². The van der Waals surface area contributed by atoms with Gasteiger partial charge in [0.1, 0.15) is 0 Å². The van der Waals surface area contributed by atoms with Gasteiger partial charge in [0.25, 0.3) is 0 Å². The summed E-state index contributed by atoms with van der Waals surface area (Å²) in [7, 11) is 0. The summed E-state index contributed by atoms with van der Waals surface area (Å²) in [6.07, 6.45) is 3.70. The molecular weight excluding hydrogens is 352 g/mol. The maximum Gasteiger partial charge on any atom is 0.0968 e. The van der Waals surface area contributed by atoms with Crippen LogP contribution in [0.5, 0.6) is 0 Å². The molecule has 1 rings (SSSR count). The third-order valence-electron chi connectivity index (χ3n) is 1.17. The van der Waals surface area contributed by atoms with Crippen molar-refractivity contribution < 1.29 is 0 Å². The lowest BCUT2D eigenvalue weighted by molar-refractivity contribution is 1.08. The van der Waals surface area contributed by atoms with Crippen molar-refractivity contribution in [1.29, 1.82) is 0 Å². The first-order valence-electron chi connectivity index (χ1n) is 2.89. The van der Waals surface area contributed by atoms with E-state index in [0.29, 0.717) is 0 Å². The molecule has 0 aliphatic heterocycles. The Kier molecular flexibility index (Phi) is 2.91. The van der Waals surface area contributed by atoms with E-state index in [2.05, 4.69) is 63.2 Å². The fraction of sp³-hybridized carbons (Fsp3) is 0.286. The smallest absolute Gasteiger partial charge is 0.0968 e. The number of pyridine rings is 1. The molecule has 0 aromatic carbocycles. The molecule has 1 aromatic rings. The Morgan fingerprint density at radius 1 is 1.50 bits per heavy atom. The van der Waals surface area contributed by atoms with Gasteiger partial charge in [-0.2, -0.15) is 0 Å². The number of hydrogen-bond acceptors (Lipinski definition) is 1. The van der Waals surface area contributed by atoms with Crippen LogP contribution in [0.2, 0.25) is 0 Å². The molecule has 1 nitrogen and oxygen atoms in total. The summed E-state index contributed by atoms with van der Waals surface area (Å²) >= 11 is 4.78. The minimum atomic E-state index is 0.170. The van der Waals surface area contributed by atoms with Crippen LogP contribution in [0.4, 0.5) is 0 Å². The highest BCUT2D eigenvalue weighted by atomic mass is 127. The van der Waals surface area contributed by atoms with Crippen LogP contribution in [0.15, 0.2) is 24.5 Å². The average molecular weight is 359 g/mol. The summed E-state index contributed by atoms with van der Waals surface area (Å²) < 4.78 is 0.170. The molecule has 3 heteroatoms. The van der Waals surface area contributed by atoms with Gasteiger partial charge >= 0.3 is 0 Å². The molecule has 0 fully saturated rings. The van der Waals surface area contributed by atoms with Crippen LogP contribution in [0.25, 0.3) is 0 Å². The van der Waals surface area contributed by atoms with Crippen LogP contribution >= 0.6 is 45.2 Å². The fourth-order valence-corrected chi connectivity index (χ4v) is 1.26. The van der Waals surface area contributed by atoms with Crippen molar-refractivity contribution >= 4 is 45.2 Å². The van der Waals surface area contributed by atoms with Gasteiger partial charge in [-0.25, -0.2) is 0 Å². The zero-order chi connectivity index (χ0) is 7.61. The highest BCUT2D eigenvalue weighted by Crippen LogP contribution is 2.37. The highest BCUT2D eigenvalue weighted by Gasteiger charge is 2.16. The molecule has 0 bridgehead atoms. The Morgan fingerprint density at radius 3 is 2.50 bits per heavy atom. The number of aromatic nitrogens is 1. The Bertz CT molecular complexity index is 203. The van der Waals surface area contributed by atoms with Crippen LogP contribution in [0.3, 0.4) is 0 Å². The Labute approximate surface area is 87.9 Å². The molecule has 0 spiro atoms. The van der Waals surface area contributed by atoms with E-state index < -0.39 is 0 Å². The van der Waals surface area contributed by atoms with Gasteiger partial charge < -0.3 is 0 Å². The number of halogens is 2. The summed E-state index contributed by atoms with van der Waals surface area (Å²) in [6, 6.07) is 4.05. The van der Waals surface area contributed by atoms with E-state index in [4.69, 9.17) is 0 Å². The molecular formula is C7H7I2N. The van der Waals surface area contributed by atoms with E-state index in [1.54, 1.807) is 6.20 Å². The van der Waals surface area contributed by atoms with Crippen LogP contribution in [0.1, 0.15) is 12.5 Å². The maximum atomic E-state index is 4.04. The third kappa shape index (κ3) is 2.34. The molecule has 0 aliphatic carbocycles. The first kappa shape index (κ1) is 8.70. The van der Waals surface area contributed by atoms with E-state index in [0.717, 1.165) is 0 Å². The zero-order valence-corrected chi connectivity index (χ0v) is 9.83. The van der Waals surface area contributed by atoms with Crippen molar-refractivity contribution in [2.75, 3.05) is 0 Å². The van der Waals surface area contributed by atoms with E-state index in [9.17, 15) is 0 Å². The fourth-order valence-electron chi connectivity index (χ4n) is 0.622. The number of hydrogen-bond donors (Lipinski definition) is 0. The predicted octanol–water partition coefficient (Wildman–Crippen LogP) is 3.12. The first-order chi connectivity index (χ1) is 4.61. The summed E-state index contributed by atoms with van der Waals surface area (Å²) in [4.78, 5) is 4.04. The quantitative estimate of drug-likeness (QED) is 0.555. The lowest BCUT2D eigenvalue weighted by Crippen LogP contribution is -2.00. The SMILES string of the molecule is CC(I)(I)c1cccnc1. The molecule has 0 saturated heterocycles. The lowest BCUT2D eigenvalue weighted by atomic mass is 10.2. The Morgan fingerprint density at radius 2 is 2.20 bits per heavy atom. The molecule has 1 aromatic heterocycles. The number of nitrogens with zero attached hydrogens (tertiary/aromatic N) is 1. The maximum absolute atomic E-state index is 4.04. The predicted molar refractivity (Wildman–Crippen MR) is 59.6 cm³/mol. The van der Waals surface area contributed by atoms with Gasteiger partial charge in [-0.15, -0.1) is 0 Å². The molecule has 0 atom stereocenters. The molecule has 0 saturated carbocycles. The van der Waals surface area contributed by atoms with Crippen molar-refractivity contribution in [2.24, 2.45) is 0 Å². The van der Waals surface area contributed by atoms with Crippen LogP contribution in [-0.4, -0.2) is 4.98 Å². The van der Waals surface area contributed by atoms with Gasteiger partial charge in [0.2, 0.25) is 0 Å². The number of rotatable bonds is 1. The molecule has 0 unspecified atom stereocenters. The largest absolute Gasteiger partial charge is 0.264 e. The standard InChI is InChI=1S/C7H7I2N/c1-7(8,9)6-3-2-4-10-5-6/h2-5H,1H3. The minimum absolute atomic E-state index is 0.170. The molecule has 0 N–H and O–H groups in total. The van der Waals surface area contributed by atoms with Crippen molar-refractivity contribution in [3.63, 3.8) is 0 Å². The van der Waals surface area contributed by atoms with Gasteiger partial charge in [-0.1, -0.05) is 51.2 Å². The summed E-state index contributed by atoms with van der Waals surface area (Å²) in [5.41, 5.74) is 1.26. The molecule has 10 heavy (non-hydrogen) atoms. The van der Waals surface area contributed by atoms with Crippen LogP contribution < -0.4 is 0 Å². The van der Waals surface area contributed by atoms with Crippen LogP contribution in [-0.2, 0) is 1.43 Å². The van der Waals surface area contributed by atoms with Crippen molar-refractivity contribution in [3.05, 3.63) is 30.1 Å². The minimum Gasteiger partial charge on any atom is -0.264 e. The Hall–Kier alpha value is 0.610. The first-order valence-corrected chi connectivity index (χ1v) is 5.05. The lowest BCUT2D eigenvalue weighted by Gasteiger charge is -2.12. The van der Waals surface area contributed by atoms with Gasteiger partial charge in [-0.3, -0.25) is 4.98 Å². The highest BCUT2D eigenvalue weighted by molar-refractivity contribution is 14.2.